The van der Waals surface area contributed by atoms with Gasteiger partial charge in [-0.3, -0.25) is 4.79 Å². The van der Waals surface area contributed by atoms with Gasteiger partial charge in [-0.2, -0.15) is 4.72 Å². The summed E-state index contributed by atoms with van der Waals surface area (Å²) in [5.74, 6) is 0.0824. The van der Waals surface area contributed by atoms with E-state index in [1.54, 1.807) is 24.0 Å². The van der Waals surface area contributed by atoms with Crippen LogP contribution >= 0.6 is 0 Å². The highest BCUT2D eigenvalue weighted by molar-refractivity contribution is 7.89. The van der Waals surface area contributed by atoms with Crippen LogP contribution in [0, 0.1) is 12.8 Å². The first-order chi connectivity index (χ1) is 10.7. The molecule has 1 aliphatic rings. The van der Waals surface area contributed by atoms with Gasteiger partial charge in [0.25, 0.3) is 0 Å². The van der Waals surface area contributed by atoms with Crippen molar-refractivity contribution in [2.45, 2.75) is 44.2 Å². The van der Waals surface area contributed by atoms with Gasteiger partial charge in [0.05, 0.1) is 10.9 Å². The average Bonchev–Trinajstić information content (AvgIpc) is 2.87. The zero-order chi connectivity index (χ0) is 17.2. The molecule has 0 spiro atoms. The van der Waals surface area contributed by atoms with Gasteiger partial charge in [-0.15, -0.1) is 0 Å². The molecule has 0 radical (unpaired) electrons. The number of benzene rings is 1. The van der Waals surface area contributed by atoms with Gasteiger partial charge in [0.15, 0.2) is 0 Å². The van der Waals surface area contributed by atoms with E-state index in [4.69, 9.17) is 5.73 Å². The van der Waals surface area contributed by atoms with Gasteiger partial charge in [0.2, 0.25) is 15.9 Å². The summed E-state index contributed by atoms with van der Waals surface area (Å²) in [5.41, 5.74) is 6.65. The van der Waals surface area contributed by atoms with Crippen LogP contribution in [0.25, 0.3) is 0 Å². The Bertz CT molecular complexity index is 658. The number of hydrogen-bond acceptors (Lipinski definition) is 4. The molecule has 1 saturated heterocycles. The number of nitrogens with two attached hydrogens (primary N) is 1. The quantitative estimate of drug-likeness (QED) is 0.832. The minimum atomic E-state index is -3.71. The first-order valence-corrected chi connectivity index (χ1v) is 9.32. The molecule has 7 heteroatoms. The summed E-state index contributed by atoms with van der Waals surface area (Å²) in [6, 6.07) is 5.82. The number of amides is 1. The number of hydrogen-bond donors (Lipinski definition) is 2. The molecule has 1 aromatic rings. The van der Waals surface area contributed by atoms with Gasteiger partial charge in [-0.25, -0.2) is 8.42 Å². The van der Waals surface area contributed by atoms with Gasteiger partial charge >= 0.3 is 0 Å². The number of rotatable bonds is 5. The Morgan fingerprint density at radius 3 is 2.52 bits per heavy atom. The molecule has 0 aromatic heterocycles. The van der Waals surface area contributed by atoms with Crippen molar-refractivity contribution in [2.75, 3.05) is 13.1 Å². The molecule has 1 fully saturated rings. The third-order valence-electron chi connectivity index (χ3n) is 4.31. The maximum absolute atomic E-state index is 12.5. The van der Waals surface area contributed by atoms with Crippen molar-refractivity contribution in [1.82, 2.24) is 9.62 Å². The lowest BCUT2D eigenvalue weighted by atomic mass is 10.1. The molecule has 0 saturated carbocycles. The second-order valence-corrected chi connectivity index (χ2v) is 8.05. The maximum atomic E-state index is 12.5. The van der Waals surface area contributed by atoms with Crippen LogP contribution < -0.4 is 10.5 Å². The van der Waals surface area contributed by atoms with Crippen molar-refractivity contribution in [3.63, 3.8) is 0 Å². The van der Waals surface area contributed by atoms with E-state index in [-0.39, 0.29) is 22.8 Å². The summed E-state index contributed by atoms with van der Waals surface area (Å²) < 4.78 is 27.2. The molecule has 0 bridgehead atoms. The molecule has 3 atom stereocenters. The lowest BCUT2D eigenvalue weighted by Crippen LogP contribution is -2.48. The van der Waals surface area contributed by atoms with Gasteiger partial charge in [-0.1, -0.05) is 17.7 Å². The molecule has 1 aliphatic heterocycles. The van der Waals surface area contributed by atoms with Gasteiger partial charge in [0.1, 0.15) is 0 Å². The summed E-state index contributed by atoms with van der Waals surface area (Å²) >= 11 is 0. The highest BCUT2D eigenvalue weighted by Gasteiger charge is 2.35. The summed E-state index contributed by atoms with van der Waals surface area (Å²) in [7, 11) is -3.71. The zero-order valence-electron chi connectivity index (χ0n) is 13.8. The fraction of sp³-hybridized carbons (Fsp3) is 0.562. The number of aryl methyl sites for hydroxylation is 1. The standard InChI is InChI=1S/C16H25N3O3S/c1-11-4-6-15(7-5-11)23(21,22)18-13(3)16(20)19-10-14(9-17)8-12(19)2/h4-7,12-14,18H,8-10,17H2,1-3H3. The molecular weight excluding hydrogens is 314 g/mol. The second kappa shape index (κ2) is 6.98. The number of carbonyl (C=O) groups excluding carboxylic acids is 1. The molecule has 0 aliphatic carbocycles. The first-order valence-electron chi connectivity index (χ1n) is 7.84. The lowest BCUT2D eigenvalue weighted by molar-refractivity contribution is -0.133. The highest BCUT2D eigenvalue weighted by atomic mass is 32.2. The fourth-order valence-corrected chi connectivity index (χ4v) is 4.13. The van der Waals surface area contributed by atoms with Crippen LogP contribution in [0.3, 0.4) is 0 Å². The minimum Gasteiger partial charge on any atom is -0.338 e. The van der Waals surface area contributed by atoms with E-state index >= 15 is 0 Å². The van der Waals surface area contributed by atoms with E-state index in [1.807, 2.05) is 13.8 Å². The normalized spacial score (nSPS) is 23.0. The van der Waals surface area contributed by atoms with Crippen LogP contribution in [0.2, 0.25) is 0 Å². The van der Waals surface area contributed by atoms with Crippen LogP contribution in [0.4, 0.5) is 0 Å². The van der Waals surface area contributed by atoms with Gasteiger partial charge in [-0.05, 0) is 51.8 Å². The monoisotopic (exact) mass is 339 g/mol. The van der Waals surface area contributed by atoms with Gasteiger partial charge < -0.3 is 10.6 Å². The molecular formula is C16H25N3O3S. The largest absolute Gasteiger partial charge is 0.338 e. The second-order valence-electron chi connectivity index (χ2n) is 6.33. The predicted molar refractivity (Wildman–Crippen MR) is 89.3 cm³/mol. The SMILES string of the molecule is Cc1ccc(S(=O)(=O)NC(C)C(=O)N2CC(CN)CC2C)cc1. The van der Waals surface area contributed by atoms with Crippen molar-refractivity contribution >= 4 is 15.9 Å². The Kier molecular flexibility index (Phi) is 5.44. The number of carbonyl (C=O) groups is 1. The van der Waals surface area contributed by atoms with Crippen molar-refractivity contribution in [3.05, 3.63) is 29.8 Å². The summed E-state index contributed by atoms with van der Waals surface area (Å²) in [4.78, 5) is 14.4. The average molecular weight is 339 g/mol. The third-order valence-corrected chi connectivity index (χ3v) is 5.87. The molecule has 23 heavy (non-hydrogen) atoms. The Labute approximate surface area is 138 Å². The fourth-order valence-electron chi connectivity index (χ4n) is 2.94. The number of sulfonamides is 1. The Morgan fingerprint density at radius 1 is 1.39 bits per heavy atom. The highest BCUT2D eigenvalue weighted by Crippen LogP contribution is 2.23. The molecule has 1 heterocycles. The number of nitrogens with zero attached hydrogens (tertiary/aromatic N) is 1. The van der Waals surface area contributed by atoms with E-state index < -0.39 is 16.1 Å². The number of nitrogens with one attached hydrogen (secondary N) is 1. The van der Waals surface area contributed by atoms with Crippen molar-refractivity contribution in [3.8, 4) is 0 Å². The minimum absolute atomic E-state index is 0.0855. The molecule has 1 amide bonds. The topological polar surface area (TPSA) is 92.5 Å². The van der Waals surface area contributed by atoms with Crippen molar-refractivity contribution < 1.29 is 13.2 Å². The van der Waals surface area contributed by atoms with Crippen LogP contribution in [0.15, 0.2) is 29.2 Å². The van der Waals surface area contributed by atoms with E-state index in [2.05, 4.69) is 4.72 Å². The molecule has 6 nitrogen and oxygen atoms in total. The van der Waals surface area contributed by atoms with E-state index in [0.29, 0.717) is 13.1 Å². The van der Waals surface area contributed by atoms with Crippen LogP contribution in [0.5, 0.6) is 0 Å². The third kappa shape index (κ3) is 4.10. The van der Waals surface area contributed by atoms with E-state index in [9.17, 15) is 13.2 Å². The van der Waals surface area contributed by atoms with Crippen LogP contribution in [0.1, 0.15) is 25.8 Å². The Balaban J connectivity index is 2.07. The van der Waals surface area contributed by atoms with Crippen molar-refractivity contribution in [1.29, 1.82) is 0 Å². The lowest BCUT2D eigenvalue weighted by Gasteiger charge is -2.25. The molecule has 128 valence electrons. The Hall–Kier alpha value is -1.44. The van der Waals surface area contributed by atoms with E-state index in [1.165, 1.54) is 12.1 Å². The smallest absolute Gasteiger partial charge is 0.241 e. The summed E-state index contributed by atoms with van der Waals surface area (Å²) in [6.07, 6.45) is 0.861. The maximum Gasteiger partial charge on any atom is 0.241 e. The Morgan fingerprint density at radius 2 is 2.00 bits per heavy atom. The summed E-state index contributed by atoms with van der Waals surface area (Å²) in [6.45, 7) is 6.56. The molecule has 2 rings (SSSR count). The molecule has 3 unspecified atom stereocenters. The number of likely N-dealkylation sites (tertiary alicyclic amines) is 1. The van der Waals surface area contributed by atoms with Crippen molar-refractivity contribution in [2.24, 2.45) is 11.7 Å². The summed E-state index contributed by atoms with van der Waals surface area (Å²) in [5, 5.41) is 0. The first kappa shape index (κ1) is 17.9. The zero-order valence-corrected chi connectivity index (χ0v) is 14.6. The van der Waals surface area contributed by atoms with E-state index in [0.717, 1.165) is 12.0 Å². The van der Waals surface area contributed by atoms with Crippen LogP contribution in [-0.2, 0) is 14.8 Å². The molecule has 3 N–H and O–H groups in total. The van der Waals surface area contributed by atoms with Crippen LogP contribution in [-0.4, -0.2) is 44.4 Å². The predicted octanol–water partition coefficient (Wildman–Crippen LogP) is 0.858. The molecule has 1 aromatic carbocycles. The van der Waals surface area contributed by atoms with Gasteiger partial charge in [0, 0.05) is 12.6 Å².